The minimum absolute atomic E-state index is 0.234. The minimum atomic E-state index is 0.234. The highest BCUT2D eigenvalue weighted by Gasteiger charge is 2.23. The summed E-state index contributed by atoms with van der Waals surface area (Å²) in [6.07, 6.45) is 0. The fraction of sp³-hybridized carbons (Fsp3) is 0. The lowest BCUT2D eigenvalue weighted by Gasteiger charge is -2.24. The van der Waals surface area contributed by atoms with Crippen molar-refractivity contribution < 1.29 is 0 Å². The van der Waals surface area contributed by atoms with Gasteiger partial charge >= 0.3 is 0 Å². The highest BCUT2D eigenvalue weighted by Crippen LogP contribution is 2.41. The topological polar surface area (TPSA) is 43.6 Å². The fourth-order valence-electron chi connectivity index (χ4n) is 7.57. The SMILES string of the molecule is [B]c1c([B])c(-n2c3ccccc3c3ccc(-c4cccc5c4sc4ccccc45)cc32)c([B])c([B])c1-c1nc(-c2ccccc2)nc(-c2ccccc2)n1. The normalized spacial score (nSPS) is 11.6. The molecule has 3 heterocycles. The molecule has 0 amide bonds. The summed E-state index contributed by atoms with van der Waals surface area (Å²) in [6.45, 7) is 0. The molecule has 10 rings (SSSR count). The molecule has 3 aromatic heterocycles. The first-order valence-corrected chi connectivity index (χ1v) is 18.4. The van der Waals surface area contributed by atoms with Crippen molar-refractivity contribution in [2.24, 2.45) is 0 Å². The summed E-state index contributed by atoms with van der Waals surface area (Å²) in [6, 6.07) is 49.3. The number of thiophene rings is 1. The Morgan fingerprint density at radius 1 is 0.426 bits per heavy atom. The van der Waals surface area contributed by atoms with Gasteiger partial charge in [0.1, 0.15) is 31.4 Å². The van der Waals surface area contributed by atoms with Crippen molar-refractivity contribution in [2.75, 3.05) is 0 Å². The third-order valence-electron chi connectivity index (χ3n) is 10.2. The van der Waals surface area contributed by atoms with Crippen LogP contribution in [0, 0.1) is 0 Å². The lowest BCUT2D eigenvalue weighted by molar-refractivity contribution is 1.08. The minimum Gasteiger partial charge on any atom is -0.310 e. The average molecular weight is 696 g/mol. The summed E-state index contributed by atoms with van der Waals surface area (Å²) >= 11 is 1.81. The monoisotopic (exact) mass is 696 g/mol. The van der Waals surface area contributed by atoms with Crippen molar-refractivity contribution in [1.29, 1.82) is 0 Å². The predicted octanol–water partition coefficient (Wildman–Crippen LogP) is 7.18. The van der Waals surface area contributed by atoms with E-state index in [4.69, 9.17) is 46.3 Å². The van der Waals surface area contributed by atoms with Crippen molar-refractivity contribution in [3.63, 3.8) is 0 Å². The number of hydrogen-bond acceptors (Lipinski definition) is 4. The summed E-state index contributed by atoms with van der Waals surface area (Å²) in [5.41, 5.74) is 7.62. The Morgan fingerprint density at radius 2 is 0.981 bits per heavy atom. The summed E-state index contributed by atoms with van der Waals surface area (Å²) in [4.78, 5) is 14.6. The second-order valence-electron chi connectivity index (χ2n) is 13.3. The van der Waals surface area contributed by atoms with Gasteiger partial charge in [0.15, 0.2) is 17.5 Å². The van der Waals surface area contributed by atoms with Crippen LogP contribution in [0.3, 0.4) is 0 Å². The number of aromatic nitrogens is 4. The lowest BCUT2D eigenvalue weighted by atomic mass is 9.65. The molecular formula is C45H24B4N4S. The van der Waals surface area contributed by atoms with Crippen LogP contribution in [-0.4, -0.2) is 50.9 Å². The summed E-state index contributed by atoms with van der Waals surface area (Å²) < 4.78 is 4.57. The van der Waals surface area contributed by atoms with Gasteiger partial charge in [0.2, 0.25) is 0 Å². The van der Waals surface area contributed by atoms with Gasteiger partial charge in [-0.15, -0.1) is 11.3 Å². The summed E-state index contributed by atoms with van der Waals surface area (Å²) in [5, 5.41) is 4.60. The van der Waals surface area contributed by atoms with Gasteiger partial charge in [0.05, 0.1) is 11.0 Å². The largest absolute Gasteiger partial charge is 0.310 e. The highest BCUT2D eigenvalue weighted by molar-refractivity contribution is 7.26. The van der Waals surface area contributed by atoms with Crippen molar-refractivity contribution >= 4 is 107 Å². The first kappa shape index (κ1) is 32.5. The van der Waals surface area contributed by atoms with E-state index in [0.29, 0.717) is 22.9 Å². The number of para-hydroxylation sites is 1. The molecule has 0 saturated heterocycles. The van der Waals surface area contributed by atoms with Crippen molar-refractivity contribution in [3.05, 3.63) is 146 Å². The van der Waals surface area contributed by atoms with Gasteiger partial charge in [-0.25, -0.2) is 15.0 Å². The second-order valence-corrected chi connectivity index (χ2v) is 14.3. The van der Waals surface area contributed by atoms with Crippen molar-refractivity contribution in [1.82, 2.24) is 19.5 Å². The number of benzene rings is 7. The van der Waals surface area contributed by atoms with E-state index < -0.39 is 0 Å². The first-order valence-electron chi connectivity index (χ1n) is 17.5. The number of rotatable bonds is 5. The molecule has 0 bridgehead atoms. The molecule has 0 aliphatic heterocycles. The van der Waals surface area contributed by atoms with E-state index >= 15 is 0 Å². The molecule has 54 heavy (non-hydrogen) atoms. The zero-order valence-electron chi connectivity index (χ0n) is 28.9. The van der Waals surface area contributed by atoms with Crippen LogP contribution in [0.2, 0.25) is 0 Å². The van der Waals surface area contributed by atoms with Crippen LogP contribution in [0.1, 0.15) is 0 Å². The van der Waals surface area contributed by atoms with E-state index in [0.717, 1.165) is 44.1 Å². The third kappa shape index (κ3) is 5.07. The molecule has 0 aliphatic carbocycles. The van der Waals surface area contributed by atoms with E-state index in [1.54, 1.807) is 11.3 Å². The first-order chi connectivity index (χ1) is 26.5. The number of hydrogen-bond donors (Lipinski definition) is 0. The molecule has 0 unspecified atom stereocenters. The second kappa shape index (κ2) is 12.8. The number of nitrogens with zero attached hydrogens (tertiary/aromatic N) is 4. The van der Waals surface area contributed by atoms with Crippen LogP contribution in [0.4, 0.5) is 0 Å². The van der Waals surface area contributed by atoms with Gasteiger partial charge in [-0.3, -0.25) is 0 Å². The zero-order chi connectivity index (χ0) is 36.5. The molecule has 242 valence electrons. The molecule has 0 aliphatic rings. The predicted molar refractivity (Wildman–Crippen MR) is 230 cm³/mol. The van der Waals surface area contributed by atoms with Gasteiger partial charge in [-0.1, -0.05) is 149 Å². The third-order valence-corrected chi connectivity index (χ3v) is 11.4. The molecule has 0 saturated carbocycles. The van der Waals surface area contributed by atoms with Crippen LogP contribution in [0.15, 0.2) is 146 Å². The van der Waals surface area contributed by atoms with Gasteiger partial charge in [0.25, 0.3) is 0 Å². The van der Waals surface area contributed by atoms with E-state index in [-0.39, 0.29) is 27.7 Å². The Bertz CT molecular complexity index is 3020. The molecule has 8 radical (unpaired) electrons. The molecule has 4 nitrogen and oxygen atoms in total. The quantitative estimate of drug-likeness (QED) is 0.179. The molecule has 9 heteroatoms. The van der Waals surface area contributed by atoms with E-state index in [1.807, 2.05) is 72.8 Å². The van der Waals surface area contributed by atoms with E-state index in [2.05, 4.69) is 77.4 Å². The van der Waals surface area contributed by atoms with Crippen molar-refractivity contribution in [3.8, 4) is 51.0 Å². The van der Waals surface area contributed by atoms with Crippen LogP contribution in [0.25, 0.3) is 93.0 Å². The standard InChI is InChI=1S/C45H24B4N4S/c46-37-36(45-51-43(25-12-3-1-4-13-25)50-44(52-45)26-14-5-2-6-15-26)38(47)40(49)41(39(37)48)53-33-20-9-7-16-29(33)30-23-22-27(24-34(30)53)28-18-11-19-32-31-17-8-10-21-35(31)54-42(28)32/h1-24H. The Kier molecular flexibility index (Phi) is 7.67. The van der Waals surface area contributed by atoms with E-state index in [9.17, 15) is 0 Å². The maximum absolute atomic E-state index is 7.08. The van der Waals surface area contributed by atoms with Gasteiger partial charge < -0.3 is 4.57 Å². The number of fused-ring (bicyclic) bond motifs is 6. The fourth-order valence-corrected chi connectivity index (χ4v) is 8.81. The molecule has 0 spiro atoms. The Hall–Kier alpha value is -6.17. The van der Waals surface area contributed by atoms with Crippen LogP contribution in [-0.2, 0) is 0 Å². The van der Waals surface area contributed by atoms with Crippen molar-refractivity contribution in [2.45, 2.75) is 0 Å². The Balaban J connectivity index is 1.21. The molecule has 0 N–H and O–H groups in total. The maximum atomic E-state index is 7.08. The van der Waals surface area contributed by atoms with E-state index in [1.165, 1.54) is 20.2 Å². The van der Waals surface area contributed by atoms with Gasteiger partial charge in [0, 0.05) is 53.3 Å². The molecule has 10 aromatic rings. The highest BCUT2D eigenvalue weighted by atomic mass is 32.1. The molecule has 0 atom stereocenters. The summed E-state index contributed by atoms with van der Waals surface area (Å²) in [5.74, 6) is 1.23. The Labute approximate surface area is 321 Å². The van der Waals surface area contributed by atoms with Gasteiger partial charge in [-0.2, -0.15) is 0 Å². The molecule has 7 aromatic carbocycles. The van der Waals surface area contributed by atoms with Crippen LogP contribution >= 0.6 is 11.3 Å². The smallest absolute Gasteiger partial charge is 0.164 e. The lowest BCUT2D eigenvalue weighted by Crippen LogP contribution is -2.46. The van der Waals surface area contributed by atoms with Crippen LogP contribution < -0.4 is 21.9 Å². The van der Waals surface area contributed by atoms with Gasteiger partial charge in [-0.05, 0) is 29.3 Å². The van der Waals surface area contributed by atoms with Crippen LogP contribution in [0.5, 0.6) is 0 Å². The maximum Gasteiger partial charge on any atom is 0.164 e. The summed E-state index contributed by atoms with van der Waals surface area (Å²) in [7, 11) is 28.2. The Morgan fingerprint density at radius 3 is 1.67 bits per heavy atom. The average Bonchev–Trinajstić information content (AvgIpc) is 3.76. The molecular weight excluding hydrogens is 672 g/mol. The zero-order valence-corrected chi connectivity index (χ0v) is 29.7. The molecule has 0 fully saturated rings.